The zero-order chi connectivity index (χ0) is 17.6. The van der Waals surface area contributed by atoms with Crippen molar-refractivity contribution in [2.75, 3.05) is 25.1 Å². The number of pyridine rings is 1. The normalized spacial score (nSPS) is 17.9. The van der Waals surface area contributed by atoms with Crippen LogP contribution in [-0.2, 0) is 9.47 Å². The highest BCUT2D eigenvalue weighted by molar-refractivity contribution is 5.93. The van der Waals surface area contributed by atoms with E-state index in [9.17, 15) is 9.59 Å². The molecule has 0 unspecified atom stereocenters. The molecule has 1 fully saturated rings. The molecule has 2 N–H and O–H groups in total. The number of carbonyl (C=O) groups is 2. The van der Waals surface area contributed by atoms with Gasteiger partial charge in [-0.05, 0) is 51.7 Å². The van der Waals surface area contributed by atoms with Crippen LogP contribution in [0.1, 0.15) is 44.1 Å². The molecular weight excluding hydrogens is 310 g/mol. The summed E-state index contributed by atoms with van der Waals surface area (Å²) in [6.07, 6.45) is 2.97. The Morgan fingerprint density at radius 3 is 2.75 bits per heavy atom. The number of amides is 2. The van der Waals surface area contributed by atoms with Crippen LogP contribution in [0, 0.1) is 5.92 Å². The molecule has 0 spiro atoms. The first-order valence-electron chi connectivity index (χ1n) is 8.15. The number of nitrogens with zero attached hydrogens (tertiary/aromatic N) is 1. The molecule has 0 aliphatic carbocycles. The lowest BCUT2D eigenvalue weighted by Crippen LogP contribution is -2.33. The largest absolute Gasteiger partial charge is 0.444 e. The zero-order valence-corrected chi connectivity index (χ0v) is 14.4. The second kappa shape index (κ2) is 8.10. The van der Waals surface area contributed by atoms with E-state index in [-0.39, 0.29) is 5.91 Å². The van der Waals surface area contributed by atoms with E-state index < -0.39 is 11.7 Å². The fourth-order valence-electron chi connectivity index (χ4n) is 2.32. The van der Waals surface area contributed by atoms with E-state index in [2.05, 4.69) is 15.6 Å². The summed E-state index contributed by atoms with van der Waals surface area (Å²) in [5.74, 6) is 0.125. The fraction of sp³-hybridized carbons (Fsp3) is 0.588. The van der Waals surface area contributed by atoms with Crippen LogP contribution in [0.25, 0.3) is 0 Å². The maximum absolute atomic E-state index is 12.1. The number of hydrogen-bond donors (Lipinski definition) is 2. The van der Waals surface area contributed by atoms with Crippen molar-refractivity contribution in [3.63, 3.8) is 0 Å². The molecule has 0 bridgehead atoms. The lowest BCUT2D eigenvalue weighted by molar-refractivity contribution is 0.0535. The van der Waals surface area contributed by atoms with Crippen molar-refractivity contribution in [3.8, 4) is 0 Å². The Kier molecular flexibility index (Phi) is 6.14. The Balaban J connectivity index is 1.82. The number of nitrogens with one attached hydrogen (secondary N) is 2. The summed E-state index contributed by atoms with van der Waals surface area (Å²) in [5, 5.41) is 5.44. The van der Waals surface area contributed by atoms with Crippen LogP contribution in [0.4, 0.5) is 10.5 Å². The van der Waals surface area contributed by atoms with Crippen LogP contribution in [0.3, 0.4) is 0 Å². The monoisotopic (exact) mass is 335 g/mol. The molecule has 132 valence electrons. The van der Waals surface area contributed by atoms with E-state index >= 15 is 0 Å². The molecule has 2 amide bonds. The molecule has 7 nitrogen and oxygen atoms in total. The quantitative estimate of drug-likeness (QED) is 0.883. The Labute approximate surface area is 142 Å². The van der Waals surface area contributed by atoms with Crippen molar-refractivity contribution in [2.24, 2.45) is 5.92 Å². The van der Waals surface area contributed by atoms with Gasteiger partial charge in [0, 0.05) is 13.2 Å². The van der Waals surface area contributed by atoms with Crippen LogP contribution >= 0.6 is 0 Å². The van der Waals surface area contributed by atoms with Crippen LogP contribution in [0.2, 0.25) is 0 Å². The van der Waals surface area contributed by atoms with Crippen molar-refractivity contribution in [3.05, 3.63) is 24.0 Å². The van der Waals surface area contributed by atoms with Gasteiger partial charge in [-0.2, -0.15) is 0 Å². The molecule has 1 aliphatic rings. The molecule has 0 saturated carbocycles. The van der Waals surface area contributed by atoms with Gasteiger partial charge in [0.05, 0.1) is 18.5 Å². The highest BCUT2D eigenvalue weighted by Gasteiger charge is 2.17. The van der Waals surface area contributed by atoms with Gasteiger partial charge < -0.3 is 14.8 Å². The number of carbonyl (C=O) groups excluding carboxylic acids is 2. The Morgan fingerprint density at radius 1 is 1.38 bits per heavy atom. The van der Waals surface area contributed by atoms with Crippen LogP contribution in [0.5, 0.6) is 0 Å². The average molecular weight is 335 g/mol. The minimum Gasteiger partial charge on any atom is -0.444 e. The fourth-order valence-corrected chi connectivity index (χ4v) is 2.32. The molecule has 1 aromatic rings. The van der Waals surface area contributed by atoms with Gasteiger partial charge in [-0.15, -0.1) is 0 Å². The second-order valence-electron chi connectivity index (χ2n) is 6.85. The van der Waals surface area contributed by atoms with E-state index in [0.717, 1.165) is 19.4 Å². The minimum absolute atomic E-state index is 0.232. The summed E-state index contributed by atoms with van der Waals surface area (Å²) in [7, 11) is 0. The summed E-state index contributed by atoms with van der Waals surface area (Å²) in [6, 6.07) is 3.19. The predicted octanol–water partition coefficient (Wildman–Crippen LogP) is 2.59. The first-order valence-corrected chi connectivity index (χ1v) is 8.15. The summed E-state index contributed by atoms with van der Waals surface area (Å²) in [5.41, 5.74) is 0.211. The Bertz CT molecular complexity index is 560. The number of ether oxygens (including phenoxy) is 2. The first kappa shape index (κ1) is 18.2. The highest BCUT2D eigenvalue weighted by Crippen LogP contribution is 2.13. The summed E-state index contributed by atoms with van der Waals surface area (Å²) in [6.45, 7) is 7.43. The third-order valence-corrected chi connectivity index (χ3v) is 3.45. The van der Waals surface area contributed by atoms with Crippen molar-refractivity contribution < 1.29 is 19.1 Å². The van der Waals surface area contributed by atoms with E-state index in [1.807, 2.05) is 0 Å². The van der Waals surface area contributed by atoms with Crippen LogP contribution in [0.15, 0.2) is 18.3 Å². The first-order chi connectivity index (χ1) is 11.3. The van der Waals surface area contributed by atoms with Crippen molar-refractivity contribution in [2.45, 2.75) is 39.2 Å². The topological polar surface area (TPSA) is 89.5 Å². The molecule has 7 heteroatoms. The summed E-state index contributed by atoms with van der Waals surface area (Å²) >= 11 is 0. The lowest BCUT2D eigenvalue weighted by atomic mass is 10.0. The smallest absolute Gasteiger partial charge is 0.412 e. The van der Waals surface area contributed by atoms with Gasteiger partial charge in [0.25, 0.3) is 5.91 Å². The minimum atomic E-state index is -0.569. The number of rotatable bonds is 4. The Hall–Kier alpha value is -2.15. The maximum atomic E-state index is 12.1. The maximum Gasteiger partial charge on any atom is 0.412 e. The Morgan fingerprint density at radius 2 is 2.17 bits per heavy atom. The van der Waals surface area contributed by atoms with Crippen LogP contribution in [-0.4, -0.2) is 42.3 Å². The standard InChI is InChI=1S/C17H25N3O4/c1-17(2,3)24-16(22)20-13-6-7-14(18-10-13)15(21)19-9-12-5-4-8-23-11-12/h6-7,10,12H,4-5,8-9,11H2,1-3H3,(H,19,21)(H,20,22)/t12-/m0/s1. The average Bonchev–Trinajstić information content (AvgIpc) is 2.52. The van der Waals surface area contributed by atoms with E-state index in [1.165, 1.54) is 6.20 Å². The molecule has 0 radical (unpaired) electrons. The molecule has 1 saturated heterocycles. The SMILES string of the molecule is CC(C)(C)OC(=O)Nc1ccc(C(=O)NC[C@@H]2CCCOC2)nc1. The molecular formula is C17H25N3O4. The van der Waals surface area contributed by atoms with E-state index in [0.29, 0.717) is 30.5 Å². The van der Waals surface area contributed by atoms with Gasteiger partial charge in [-0.3, -0.25) is 10.1 Å². The lowest BCUT2D eigenvalue weighted by Gasteiger charge is -2.22. The summed E-state index contributed by atoms with van der Waals surface area (Å²) in [4.78, 5) is 27.8. The molecule has 24 heavy (non-hydrogen) atoms. The van der Waals surface area contributed by atoms with E-state index in [4.69, 9.17) is 9.47 Å². The van der Waals surface area contributed by atoms with Gasteiger partial charge in [0.2, 0.25) is 0 Å². The summed E-state index contributed by atoms with van der Waals surface area (Å²) < 4.78 is 10.5. The van der Waals surface area contributed by atoms with Crippen LogP contribution < -0.4 is 10.6 Å². The van der Waals surface area contributed by atoms with Gasteiger partial charge >= 0.3 is 6.09 Å². The number of hydrogen-bond acceptors (Lipinski definition) is 5. The number of aromatic nitrogens is 1. The third kappa shape index (κ3) is 6.16. The van der Waals surface area contributed by atoms with Crippen molar-refractivity contribution in [1.29, 1.82) is 0 Å². The van der Waals surface area contributed by atoms with Crippen molar-refractivity contribution in [1.82, 2.24) is 10.3 Å². The highest BCUT2D eigenvalue weighted by atomic mass is 16.6. The molecule has 1 atom stereocenters. The predicted molar refractivity (Wildman–Crippen MR) is 90.0 cm³/mol. The molecule has 2 heterocycles. The molecule has 0 aromatic carbocycles. The van der Waals surface area contributed by atoms with Gasteiger partial charge in [0.15, 0.2) is 0 Å². The second-order valence-corrected chi connectivity index (χ2v) is 6.85. The van der Waals surface area contributed by atoms with Gasteiger partial charge in [-0.25, -0.2) is 9.78 Å². The third-order valence-electron chi connectivity index (χ3n) is 3.45. The van der Waals surface area contributed by atoms with Crippen molar-refractivity contribution >= 4 is 17.7 Å². The number of anilines is 1. The molecule has 1 aliphatic heterocycles. The van der Waals surface area contributed by atoms with Gasteiger partial charge in [0.1, 0.15) is 11.3 Å². The van der Waals surface area contributed by atoms with Gasteiger partial charge in [-0.1, -0.05) is 0 Å². The molecule has 1 aromatic heterocycles. The molecule has 2 rings (SSSR count). The van der Waals surface area contributed by atoms with E-state index in [1.54, 1.807) is 32.9 Å². The zero-order valence-electron chi connectivity index (χ0n) is 14.4.